The zero-order valence-electron chi connectivity index (χ0n) is 11.4. The van der Waals surface area contributed by atoms with Gasteiger partial charge in [0.2, 0.25) is 0 Å². The Morgan fingerprint density at radius 1 is 1.45 bits per heavy atom. The summed E-state index contributed by atoms with van der Waals surface area (Å²) in [5.74, 6) is 0.246. The molecular weight excluding hydrogens is 256 g/mol. The van der Waals surface area contributed by atoms with Crippen molar-refractivity contribution in [3.63, 3.8) is 0 Å². The summed E-state index contributed by atoms with van der Waals surface area (Å²) in [5, 5.41) is 12.7. The Labute approximate surface area is 118 Å². The van der Waals surface area contributed by atoms with Gasteiger partial charge in [-0.3, -0.25) is 0 Å². The molecule has 0 radical (unpaired) electrons. The standard InChI is InChI=1S/C15H20N2O3/c18-15(19)17-8-11-3-1-2-4-14(11)12(9-17)7-13-10-20-6-5-16-13/h1-4,12-13,16H,5-10H2,(H,18,19). The van der Waals surface area contributed by atoms with Crippen LogP contribution in [0.2, 0.25) is 0 Å². The van der Waals surface area contributed by atoms with Crippen molar-refractivity contribution in [3.05, 3.63) is 35.4 Å². The molecule has 1 aromatic carbocycles. The zero-order valence-corrected chi connectivity index (χ0v) is 11.4. The third-order valence-electron chi connectivity index (χ3n) is 4.13. The van der Waals surface area contributed by atoms with E-state index in [4.69, 9.17) is 4.74 Å². The summed E-state index contributed by atoms with van der Waals surface area (Å²) in [7, 11) is 0. The largest absolute Gasteiger partial charge is 0.465 e. The molecule has 0 bridgehead atoms. The van der Waals surface area contributed by atoms with Crippen LogP contribution < -0.4 is 5.32 Å². The van der Waals surface area contributed by atoms with E-state index in [-0.39, 0.29) is 5.92 Å². The second-order valence-corrected chi connectivity index (χ2v) is 5.52. The third-order valence-corrected chi connectivity index (χ3v) is 4.13. The second kappa shape index (κ2) is 5.81. The first-order valence-corrected chi connectivity index (χ1v) is 7.11. The average Bonchev–Trinajstić information content (AvgIpc) is 2.48. The number of carbonyl (C=O) groups is 1. The SMILES string of the molecule is O=C(O)N1Cc2ccccc2C(CC2COCCN2)C1. The van der Waals surface area contributed by atoms with Crippen LogP contribution in [-0.4, -0.2) is 48.4 Å². The van der Waals surface area contributed by atoms with Crippen molar-refractivity contribution < 1.29 is 14.6 Å². The van der Waals surface area contributed by atoms with Gasteiger partial charge >= 0.3 is 6.09 Å². The molecule has 2 heterocycles. The molecule has 2 N–H and O–H groups in total. The number of rotatable bonds is 2. The topological polar surface area (TPSA) is 61.8 Å². The number of morpholine rings is 1. The first-order valence-electron chi connectivity index (χ1n) is 7.11. The molecule has 2 atom stereocenters. The maximum Gasteiger partial charge on any atom is 0.407 e. The zero-order chi connectivity index (χ0) is 13.9. The van der Waals surface area contributed by atoms with Gasteiger partial charge in [0.1, 0.15) is 0 Å². The molecule has 2 aliphatic heterocycles. The van der Waals surface area contributed by atoms with E-state index in [1.165, 1.54) is 10.5 Å². The van der Waals surface area contributed by atoms with Gasteiger partial charge < -0.3 is 20.1 Å². The monoisotopic (exact) mass is 276 g/mol. The predicted molar refractivity (Wildman–Crippen MR) is 74.8 cm³/mol. The highest BCUT2D eigenvalue weighted by molar-refractivity contribution is 5.65. The Morgan fingerprint density at radius 2 is 2.30 bits per heavy atom. The minimum atomic E-state index is -0.836. The van der Waals surface area contributed by atoms with Gasteiger partial charge in [-0.25, -0.2) is 4.79 Å². The fraction of sp³-hybridized carbons (Fsp3) is 0.533. The lowest BCUT2D eigenvalue weighted by Crippen LogP contribution is -2.44. The van der Waals surface area contributed by atoms with E-state index in [1.807, 2.05) is 18.2 Å². The highest BCUT2D eigenvalue weighted by atomic mass is 16.5. The summed E-state index contributed by atoms with van der Waals surface area (Å²) < 4.78 is 5.49. The lowest BCUT2D eigenvalue weighted by Gasteiger charge is -2.35. The second-order valence-electron chi connectivity index (χ2n) is 5.52. The molecule has 1 saturated heterocycles. The Balaban J connectivity index is 1.79. The highest BCUT2D eigenvalue weighted by Gasteiger charge is 2.30. The fourth-order valence-electron chi connectivity index (χ4n) is 3.17. The number of hydrogen-bond donors (Lipinski definition) is 2. The van der Waals surface area contributed by atoms with Crippen LogP contribution in [0.5, 0.6) is 0 Å². The molecule has 0 aliphatic carbocycles. The van der Waals surface area contributed by atoms with E-state index in [0.717, 1.165) is 25.1 Å². The summed E-state index contributed by atoms with van der Waals surface area (Å²) in [5.41, 5.74) is 2.42. The van der Waals surface area contributed by atoms with E-state index in [1.54, 1.807) is 0 Å². The average molecular weight is 276 g/mol. The van der Waals surface area contributed by atoms with Gasteiger partial charge in [0.15, 0.2) is 0 Å². The molecule has 108 valence electrons. The third kappa shape index (κ3) is 2.78. The van der Waals surface area contributed by atoms with E-state index in [2.05, 4.69) is 11.4 Å². The molecular formula is C15H20N2O3. The van der Waals surface area contributed by atoms with Crippen LogP contribution in [0.3, 0.4) is 0 Å². The first-order chi connectivity index (χ1) is 9.74. The molecule has 1 amide bonds. The number of benzene rings is 1. The molecule has 5 nitrogen and oxygen atoms in total. The number of nitrogens with zero attached hydrogens (tertiary/aromatic N) is 1. The smallest absolute Gasteiger partial charge is 0.407 e. The predicted octanol–water partition coefficient (Wildman–Crippen LogP) is 1.64. The number of hydrogen-bond acceptors (Lipinski definition) is 3. The molecule has 5 heteroatoms. The van der Waals surface area contributed by atoms with Crippen LogP contribution in [-0.2, 0) is 11.3 Å². The van der Waals surface area contributed by atoms with Crippen molar-refractivity contribution in [1.29, 1.82) is 0 Å². The normalized spacial score (nSPS) is 26.1. The molecule has 0 spiro atoms. The van der Waals surface area contributed by atoms with Gasteiger partial charge in [-0.05, 0) is 17.5 Å². The van der Waals surface area contributed by atoms with Crippen molar-refractivity contribution in [2.75, 3.05) is 26.3 Å². The van der Waals surface area contributed by atoms with Crippen LogP contribution in [0.15, 0.2) is 24.3 Å². The Morgan fingerprint density at radius 3 is 3.05 bits per heavy atom. The summed E-state index contributed by atoms with van der Waals surface area (Å²) in [6.07, 6.45) is 0.0817. The van der Waals surface area contributed by atoms with Crippen molar-refractivity contribution in [2.24, 2.45) is 0 Å². The van der Waals surface area contributed by atoms with Crippen molar-refractivity contribution >= 4 is 6.09 Å². The maximum atomic E-state index is 11.3. The van der Waals surface area contributed by atoms with Gasteiger partial charge in [0.25, 0.3) is 0 Å². The minimum Gasteiger partial charge on any atom is -0.465 e. The number of nitrogens with one attached hydrogen (secondary N) is 1. The molecule has 1 fully saturated rings. The Bertz CT molecular complexity index is 486. The number of amides is 1. The van der Waals surface area contributed by atoms with Gasteiger partial charge in [0.05, 0.1) is 13.2 Å². The van der Waals surface area contributed by atoms with E-state index in [9.17, 15) is 9.90 Å². The summed E-state index contributed by atoms with van der Waals surface area (Å²) >= 11 is 0. The minimum absolute atomic E-state index is 0.246. The highest BCUT2D eigenvalue weighted by Crippen LogP contribution is 2.31. The molecule has 0 aromatic heterocycles. The lowest BCUT2D eigenvalue weighted by atomic mass is 9.85. The summed E-state index contributed by atoms with van der Waals surface area (Å²) in [6.45, 7) is 3.42. The van der Waals surface area contributed by atoms with Crippen LogP contribution in [0.1, 0.15) is 23.5 Å². The van der Waals surface area contributed by atoms with Crippen molar-refractivity contribution in [1.82, 2.24) is 10.2 Å². The molecule has 3 rings (SSSR count). The molecule has 20 heavy (non-hydrogen) atoms. The molecule has 2 aliphatic rings. The molecule has 1 aromatic rings. The Kier molecular flexibility index (Phi) is 3.89. The van der Waals surface area contributed by atoms with E-state index in [0.29, 0.717) is 25.7 Å². The van der Waals surface area contributed by atoms with Gasteiger partial charge in [-0.2, -0.15) is 0 Å². The van der Waals surface area contributed by atoms with Crippen LogP contribution in [0.4, 0.5) is 4.79 Å². The van der Waals surface area contributed by atoms with Crippen molar-refractivity contribution in [3.8, 4) is 0 Å². The van der Waals surface area contributed by atoms with Crippen LogP contribution in [0.25, 0.3) is 0 Å². The first kappa shape index (κ1) is 13.4. The van der Waals surface area contributed by atoms with Crippen LogP contribution in [0, 0.1) is 0 Å². The number of fused-ring (bicyclic) bond motifs is 1. The van der Waals surface area contributed by atoms with Gasteiger partial charge in [0, 0.05) is 31.6 Å². The van der Waals surface area contributed by atoms with Crippen LogP contribution >= 0.6 is 0 Å². The summed E-state index contributed by atoms with van der Waals surface area (Å²) in [6, 6.07) is 8.48. The molecule has 0 saturated carbocycles. The quantitative estimate of drug-likeness (QED) is 0.862. The number of carboxylic acid groups (broad SMARTS) is 1. The van der Waals surface area contributed by atoms with Gasteiger partial charge in [-0.15, -0.1) is 0 Å². The summed E-state index contributed by atoms with van der Waals surface area (Å²) in [4.78, 5) is 12.8. The maximum absolute atomic E-state index is 11.3. The Hall–Kier alpha value is -1.59. The lowest BCUT2D eigenvalue weighted by molar-refractivity contribution is 0.0686. The fourth-order valence-corrected chi connectivity index (χ4v) is 3.17. The van der Waals surface area contributed by atoms with Crippen molar-refractivity contribution in [2.45, 2.75) is 24.9 Å². The molecule has 2 unspecified atom stereocenters. The van der Waals surface area contributed by atoms with E-state index >= 15 is 0 Å². The van der Waals surface area contributed by atoms with E-state index < -0.39 is 6.09 Å². The van der Waals surface area contributed by atoms with Gasteiger partial charge in [-0.1, -0.05) is 24.3 Å². The number of ether oxygens (including phenoxy) is 1.